The minimum atomic E-state index is -0.377. The van der Waals surface area contributed by atoms with E-state index in [4.69, 9.17) is 32.7 Å². The molecule has 5 heteroatoms. The summed E-state index contributed by atoms with van der Waals surface area (Å²) in [6.07, 6.45) is 0. The summed E-state index contributed by atoms with van der Waals surface area (Å²) in [6.45, 7) is 2.03. The summed E-state index contributed by atoms with van der Waals surface area (Å²) in [5, 5.41) is 0.0459. The van der Waals surface area contributed by atoms with Crippen LogP contribution < -0.4 is 9.47 Å². The maximum Gasteiger partial charge on any atom is 0.146 e. The van der Waals surface area contributed by atoms with Gasteiger partial charge in [0, 0.05) is 10.0 Å². The van der Waals surface area contributed by atoms with Crippen molar-refractivity contribution in [3.8, 4) is 11.5 Å². The Balaban J connectivity index is 2.55. The number of hydrogen-bond acceptors (Lipinski definition) is 2. The van der Waals surface area contributed by atoms with Crippen molar-refractivity contribution >= 4 is 39.1 Å². The number of rotatable bonds is 4. The molecule has 0 spiro atoms. The smallest absolute Gasteiger partial charge is 0.146 e. The third-order valence-corrected chi connectivity index (χ3v) is 4.76. The van der Waals surface area contributed by atoms with Crippen LogP contribution in [0.15, 0.2) is 34.8 Å². The minimum Gasteiger partial charge on any atom is -0.495 e. The summed E-state index contributed by atoms with van der Waals surface area (Å²) in [5.74, 6) is 1.09. The fourth-order valence-electron chi connectivity index (χ4n) is 2.14. The lowest BCUT2D eigenvalue weighted by Crippen LogP contribution is -2.00. The normalized spacial score (nSPS) is 12.1. The van der Waals surface area contributed by atoms with Gasteiger partial charge in [0.15, 0.2) is 0 Å². The Bertz CT molecular complexity index is 659. The summed E-state index contributed by atoms with van der Waals surface area (Å²) in [4.78, 5) is 0. The van der Waals surface area contributed by atoms with Crippen LogP contribution in [0.25, 0.3) is 0 Å². The van der Waals surface area contributed by atoms with Crippen molar-refractivity contribution in [2.45, 2.75) is 12.3 Å². The molecular weight excluding hydrogens is 375 g/mol. The second kappa shape index (κ2) is 6.91. The highest BCUT2D eigenvalue weighted by Crippen LogP contribution is 2.44. The van der Waals surface area contributed by atoms with Gasteiger partial charge >= 0.3 is 0 Å². The van der Waals surface area contributed by atoms with Crippen LogP contribution in [-0.4, -0.2) is 14.2 Å². The van der Waals surface area contributed by atoms with Crippen molar-refractivity contribution in [2.75, 3.05) is 14.2 Å². The summed E-state index contributed by atoms with van der Waals surface area (Å²) < 4.78 is 11.6. The lowest BCUT2D eigenvalue weighted by molar-refractivity contribution is 0.392. The molecule has 0 aliphatic rings. The standard InChI is InChI=1S/C16H15BrCl2O2/c1-9-4-6-12(17)11(8-9)14(18)10-5-7-13(20-2)15(19)16(10)21-3/h4-8,14H,1-3H3. The van der Waals surface area contributed by atoms with E-state index in [1.165, 1.54) is 0 Å². The van der Waals surface area contributed by atoms with Crippen LogP contribution in [0, 0.1) is 6.92 Å². The zero-order chi connectivity index (χ0) is 15.6. The molecule has 1 unspecified atom stereocenters. The summed E-state index contributed by atoms with van der Waals surface area (Å²) >= 11 is 16.5. The molecule has 2 aromatic rings. The van der Waals surface area contributed by atoms with Gasteiger partial charge in [-0.1, -0.05) is 45.2 Å². The third kappa shape index (κ3) is 3.31. The second-order valence-electron chi connectivity index (χ2n) is 4.59. The van der Waals surface area contributed by atoms with Gasteiger partial charge in [-0.2, -0.15) is 0 Å². The van der Waals surface area contributed by atoms with E-state index >= 15 is 0 Å². The Morgan fingerprint density at radius 2 is 1.76 bits per heavy atom. The first-order valence-corrected chi connectivity index (χ1v) is 7.90. The first kappa shape index (κ1) is 16.5. The first-order chi connectivity index (χ1) is 9.99. The van der Waals surface area contributed by atoms with Crippen LogP contribution in [0.4, 0.5) is 0 Å². The molecule has 0 radical (unpaired) electrons. The number of alkyl halides is 1. The van der Waals surface area contributed by atoms with Gasteiger partial charge in [0.05, 0.1) is 19.6 Å². The number of halogens is 3. The molecule has 2 rings (SSSR count). The summed E-state index contributed by atoms with van der Waals surface area (Å²) in [6, 6.07) is 9.71. The lowest BCUT2D eigenvalue weighted by Gasteiger charge is -2.18. The maximum absolute atomic E-state index is 6.65. The average Bonchev–Trinajstić information content (AvgIpc) is 2.48. The zero-order valence-corrected chi connectivity index (χ0v) is 15.0. The molecular formula is C16H15BrCl2O2. The zero-order valence-electron chi connectivity index (χ0n) is 11.9. The van der Waals surface area contributed by atoms with Crippen molar-refractivity contribution in [2.24, 2.45) is 0 Å². The number of methoxy groups -OCH3 is 2. The topological polar surface area (TPSA) is 18.5 Å². The van der Waals surface area contributed by atoms with E-state index in [0.29, 0.717) is 16.5 Å². The monoisotopic (exact) mass is 388 g/mol. The van der Waals surface area contributed by atoms with Crippen LogP contribution in [0.2, 0.25) is 5.02 Å². The Morgan fingerprint density at radius 3 is 2.38 bits per heavy atom. The first-order valence-electron chi connectivity index (χ1n) is 6.30. The molecule has 0 bridgehead atoms. The van der Waals surface area contributed by atoms with Gasteiger partial charge in [-0.3, -0.25) is 0 Å². The second-order valence-corrected chi connectivity index (χ2v) is 6.26. The molecule has 2 aromatic carbocycles. The molecule has 0 saturated heterocycles. The highest BCUT2D eigenvalue weighted by molar-refractivity contribution is 9.10. The quantitative estimate of drug-likeness (QED) is 0.619. The Hall–Kier alpha value is -0.900. The largest absolute Gasteiger partial charge is 0.495 e. The van der Waals surface area contributed by atoms with E-state index in [2.05, 4.69) is 15.9 Å². The molecule has 0 amide bonds. The molecule has 0 N–H and O–H groups in total. The highest BCUT2D eigenvalue weighted by Gasteiger charge is 2.22. The molecule has 0 fully saturated rings. The molecule has 0 aliphatic heterocycles. The lowest BCUT2D eigenvalue weighted by atomic mass is 10.0. The van der Waals surface area contributed by atoms with Crippen molar-refractivity contribution in [3.63, 3.8) is 0 Å². The minimum absolute atomic E-state index is 0.377. The number of ether oxygens (including phenoxy) is 2. The highest BCUT2D eigenvalue weighted by atomic mass is 79.9. The van der Waals surface area contributed by atoms with Crippen molar-refractivity contribution in [1.82, 2.24) is 0 Å². The SMILES string of the molecule is COc1ccc(C(Cl)c2cc(C)ccc2Br)c(OC)c1Cl. The van der Waals surface area contributed by atoms with Crippen molar-refractivity contribution in [3.05, 3.63) is 56.5 Å². The van der Waals surface area contributed by atoms with E-state index in [0.717, 1.165) is 21.2 Å². The Morgan fingerprint density at radius 1 is 1.05 bits per heavy atom. The van der Waals surface area contributed by atoms with Gasteiger partial charge in [0.2, 0.25) is 0 Å². The van der Waals surface area contributed by atoms with Crippen molar-refractivity contribution in [1.29, 1.82) is 0 Å². The van der Waals surface area contributed by atoms with Gasteiger partial charge in [0.25, 0.3) is 0 Å². The Labute approximate surface area is 143 Å². The van der Waals surface area contributed by atoms with Crippen LogP contribution in [0.5, 0.6) is 11.5 Å². The average molecular weight is 390 g/mol. The molecule has 1 atom stereocenters. The van der Waals surface area contributed by atoms with Gasteiger partial charge < -0.3 is 9.47 Å². The summed E-state index contributed by atoms with van der Waals surface area (Å²) in [5.41, 5.74) is 2.91. The van der Waals surface area contributed by atoms with Gasteiger partial charge in [-0.25, -0.2) is 0 Å². The predicted molar refractivity (Wildman–Crippen MR) is 91.1 cm³/mol. The van der Waals surface area contributed by atoms with Crippen LogP contribution in [0.1, 0.15) is 22.1 Å². The number of aryl methyl sites for hydroxylation is 1. The maximum atomic E-state index is 6.65. The van der Waals surface area contributed by atoms with Gasteiger partial charge in [-0.05, 0) is 30.7 Å². The molecule has 0 saturated carbocycles. The van der Waals surface area contributed by atoms with Gasteiger partial charge in [-0.15, -0.1) is 11.6 Å². The predicted octanol–water partition coefficient (Wildman–Crippen LogP) is 5.76. The fourth-order valence-corrected chi connectivity index (χ4v) is 3.43. The van der Waals surface area contributed by atoms with E-state index in [-0.39, 0.29) is 5.38 Å². The van der Waals surface area contributed by atoms with E-state index < -0.39 is 0 Å². The Kier molecular flexibility index (Phi) is 5.42. The van der Waals surface area contributed by atoms with Gasteiger partial charge in [0.1, 0.15) is 16.5 Å². The van der Waals surface area contributed by atoms with E-state index in [9.17, 15) is 0 Å². The van der Waals surface area contributed by atoms with E-state index in [1.807, 2.05) is 31.2 Å². The van der Waals surface area contributed by atoms with E-state index in [1.54, 1.807) is 20.3 Å². The summed E-state index contributed by atoms with van der Waals surface area (Å²) in [7, 11) is 3.13. The molecule has 2 nitrogen and oxygen atoms in total. The van der Waals surface area contributed by atoms with Crippen LogP contribution in [0.3, 0.4) is 0 Å². The molecule has 0 heterocycles. The number of benzene rings is 2. The molecule has 0 aromatic heterocycles. The van der Waals surface area contributed by atoms with Crippen molar-refractivity contribution < 1.29 is 9.47 Å². The molecule has 0 aliphatic carbocycles. The molecule has 112 valence electrons. The molecule has 21 heavy (non-hydrogen) atoms. The van der Waals surface area contributed by atoms with Crippen LogP contribution >= 0.6 is 39.1 Å². The fraction of sp³-hybridized carbons (Fsp3) is 0.250. The third-order valence-electron chi connectivity index (χ3n) is 3.21. The van der Waals surface area contributed by atoms with Crippen LogP contribution in [-0.2, 0) is 0 Å². The number of hydrogen-bond donors (Lipinski definition) is 0.